The lowest BCUT2D eigenvalue weighted by Gasteiger charge is -2.21. The van der Waals surface area contributed by atoms with Crippen LogP contribution in [0, 0.1) is 0 Å². The lowest BCUT2D eigenvalue weighted by atomic mass is 10.1. The van der Waals surface area contributed by atoms with Crippen molar-refractivity contribution in [1.82, 2.24) is 10.3 Å². The molecule has 5 nitrogen and oxygen atoms in total. The molecule has 8 heteroatoms. The molecular weight excluding hydrogens is 340 g/mol. The molecule has 1 amide bonds. The number of carbonyl (C=O) groups excluding carboxylic acids is 1. The van der Waals surface area contributed by atoms with Crippen molar-refractivity contribution in [2.45, 2.75) is 18.1 Å². The van der Waals surface area contributed by atoms with Crippen LogP contribution in [0.4, 0.5) is 0 Å². The minimum Gasteiger partial charge on any atom is -0.476 e. The fourth-order valence-electron chi connectivity index (χ4n) is 2.27. The van der Waals surface area contributed by atoms with Gasteiger partial charge in [0.15, 0.2) is 5.69 Å². The number of rotatable bonds is 5. The van der Waals surface area contributed by atoms with Gasteiger partial charge in [0.25, 0.3) is 0 Å². The predicted molar refractivity (Wildman–Crippen MR) is 89.0 cm³/mol. The minimum atomic E-state index is -1.02. The molecule has 1 aliphatic heterocycles. The van der Waals surface area contributed by atoms with E-state index in [0.717, 1.165) is 22.7 Å². The topological polar surface area (TPSA) is 79.3 Å². The Morgan fingerprint density at radius 3 is 3.05 bits per heavy atom. The summed E-state index contributed by atoms with van der Waals surface area (Å²) >= 11 is 4.70. The van der Waals surface area contributed by atoms with Gasteiger partial charge in [-0.2, -0.15) is 0 Å². The maximum Gasteiger partial charge on any atom is 0.355 e. The van der Waals surface area contributed by atoms with Gasteiger partial charge in [-0.3, -0.25) is 4.79 Å². The lowest BCUT2D eigenvalue weighted by molar-refractivity contribution is -0.120. The van der Waals surface area contributed by atoms with Gasteiger partial charge in [0.05, 0.1) is 5.01 Å². The van der Waals surface area contributed by atoms with Crippen LogP contribution in [0.2, 0.25) is 0 Å². The van der Waals surface area contributed by atoms with Crippen LogP contribution in [0.15, 0.2) is 16.8 Å². The Balaban J connectivity index is 1.54. The van der Waals surface area contributed by atoms with Crippen molar-refractivity contribution in [3.05, 3.63) is 38.0 Å². The van der Waals surface area contributed by atoms with Crippen LogP contribution < -0.4 is 5.32 Å². The zero-order valence-electron chi connectivity index (χ0n) is 11.6. The van der Waals surface area contributed by atoms with E-state index in [2.05, 4.69) is 10.3 Å². The Morgan fingerprint density at radius 1 is 1.41 bits per heavy atom. The van der Waals surface area contributed by atoms with Gasteiger partial charge < -0.3 is 10.4 Å². The molecule has 1 aliphatic rings. The highest BCUT2D eigenvalue weighted by Crippen LogP contribution is 2.39. The van der Waals surface area contributed by atoms with Crippen LogP contribution in [-0.2, 0) is 17.6 Å². The molecule has 2 N–H and O–H groups in total. The third-order valence-electron chi connectivity index (χ3n) is 3.32. The third kappa shape index (κ3) is 3.34. The second kappa shape index (κ2) is 6.80. The molecule has 3 heterocycles. The molecule has 3 rings (SSSR count). The number of aryl methyl sites for hydroxylation is 1. The summed E-state index contributed by atoms with van der Waals surface area (Å²) in [6, 6.07) is 2.04. The van der Waals surface area contributed by atoms with Crippen molar-refractivity contribution in [3.8, 4) is 0 Å². The lowest BCUT2D eigenvalue weighted by Crippen LogP contribution is -2.31. The van der Waals surface area contributed by atoms with Crippen LogP contribution in [0.25, 0.3) is 0 Å². The van der Waals surface area contributed by atoms with Crippen molar-refractivity contribution in [2.24, 2.45) is 0 Å². The highest BCUT2D eigenvalue weighted by molar-refractivity contribution is 8.00. The highest BCUT2D eigenvalue weighted by atomic mass is 32.2. The number of thiophene rings is 1. The summed E-state index contributed by atoms with van der Waals surface area (Å²) in [5.74, 6) is -0.0189. The zero-order chi connectivity index (χ0) is 15.5. The van der Waals surface area contributed by atoms with Crippen LogP contribution >= 0.6 is 34.4 Å². The zero-order valence-corrected chi connectivity index (χ0v) is 14.0. The molecular formula is C14H14N2O3S3. The molecule has 116 valence electrons. The molecule has 22 heavy (non-hydrogen) atoms. The van der Waals surface area contributed by atoms with Gasteiger partial charge in [0.1, 0.15) is 5.25 Å². The van der Waals surface area contributed by atoms with E-state index >= 15 is 0 Å². The number of thiazole rings is 1. The summed E-state index contributed by atoms with van der Waals surface area (Å²) < 4.78 is 0. The van der Waals surface area contributed by atoms with E-state index in [1.807, 2.05) is 11.4 Å². The Kier molecular flexibility index (Phi) is 4.80. The normalized spacial score (nSPS) is 17.0. The van der Waals surface area contributed by atoms with E-state index in [1.54, 1.807) is 23.1 Å². The maximum absolute atomic E-state index is 12.3. The molecule has 0 radical (unpaired) electrons. The average Bonchev–Trinajstić information content (AvgIpc) is 3.15. The Bertz CT molecular complexity index is 695. The number of aromatic nitrogens is 1. The number of carboxylic acids is 1. The number of aromatic carboxylic acids is 1. The second-order valence-corrected chi connectivity index (χ2v) is 7.93. The van der Waals surface area contributed by atoms with Crippen molar-refractivity contribution in [2.75, 3.05) is 12.3 Å². The number of carbonyl (C=O) groups is 2. The van der Waals surface area contributed by atoms with Crippen molar-refractivity contribution < 1.29 is 14.7 Å². The molecule has 0 saturated heterocycles. The van der Waals surface area contributed by atoms with E-state index < -0.39 is 5.97 Å². The molecule has 0 saturated carbocycles. The number of nitrogens with zero attached hydrogens (tertiary/aromatic N) is 1. The second-order valence-electron chi connectivity index (χ2n) is 4.77. The summed E-state index contributed by atoms with van der Waals surface area (Å²) in [7, 11) is 0. The monoisotopic (exact) mass is 354 g/mol. The Morgan fingerprint density at radius 2 is 2.27 bits per heavy atom. The fraction of sp³-hybridized carbons (Fsp3) is 0.357. The first-order valence-corrected chi connectivity index (χ1v) is 9.59. The summed E-state index contributed by atoms with van der Waals surface area (Å²) in [6.45, 7) is 0.474. The average molecular weight is 354 g/mol. The third-order valence-corrected chi connectivity index (χ3v) is 6.47. The number of nitrogens with one attached hydrogen (secondary N) is 1. The Labute approximate surface area is 139 Å². The number of fused-ring (bicyclic) bond motifs is 1. The van der Waals surface area contributed by atoms with E-state index in [4.69, 9.17) is 5.11 Å². The van der Waals surface area contributed by atoms with E-state index in [9.17, 15) is 9.59 Å². The molecule has 2 aromatic heterocycles. The van der Waals surface area contributed by atoms with Crippen molar-refractivity contribution >= 4 is 46.3 Å². The summed E-state index contributed by atoms with van der Waals surface area (Å²) in [4.78, 5) is 28.4. The molecule has 0 bridgehead atoms. The number of carboxylic acid groups (broad SMARTS) is 1. The smallest absolute Gasteiger partial charge is 0.355 e. The van der Waals surface area contributed by atoms with Gasteiger partial charge in [-0.05, 0) is 29.2 Å². The predicted octanol–water partition coefficient (Wildman–Crippen LogP) is 2.59. The number of amides is 1. The van der Waals surface area contributed by atoms with Gasteiger partial charge in [0.2, 0.25) is 5.91 Å². The summed E-state index contributed by atoms with van der Waals surface area (Å²) in [5, 5.41) is 15.9. The SMILES string of the molecule is O=C(O)c1csc(CCNC(=O)C2SCCc3sccc32)n1. The van der Waals surface area contributed by atoms with Crippen LogP contribution in [0.5, 0.6) is 0 Å². The maximum atomic E-state index is 12.3. The first-order valence-electron chi connectivity index (χ1n) is 6.78. The van der Waals surface area contributed by atoms with Gasteiger partial charge in [-0.1, -0.05) is 0 Å². The van der Waals surface area contributed by atoms with Crippen LogP contribution in [-0.4, -0.2) is 34.3 Å². The van der Waals surface area contributed by atoms with Gasteiger partial charge >= 0.3 is 5.97 Å². The van der Waals surface area contributed by atoms with E-state index in [1.165, 1.54) is 21.6 Å². The molecule has 1 unspecified atom stereocenters. The van der Waals surface area contributed by atoms with Gasteiger partial charge in [-0.15, -0.1) is 34.4 Å². The highest BCUT2D eigenvalue weighted by Gasteiger charge is 2.27. The number of hydrogen-bond acceptors (Lipinski definition) is 6. The summed E-state index contributed by atoms with van der Waals surface area (Å²) in [6.07, 6.45) is 1.59. The van der Waals surface area contributed by atoms with Crippen molar-refractivity contribution in [1.29, 1.82) is 0 Å². The Hall–Kier alpha value is -1.38. The molecule has 2 aromatic rings. The van der Waals surface area contributed by atoms with E-state index in [0.29, 0.717) is 13.0 Å². The van der Waals surface area contributed by atoms with E-state index in [-0.39, 0.29) is 16.9 Å². The molecule has 0 aliphatic carbocycles. The first-order chi connectivity index (χ1) is 10.6. The number of thioether (sulfide) groups is 1. The fourth-order valence-corrected chi connectivity index (χ4v) is 5.36. The first kappa shape index (κ1) is 15.5. The van der Waals surface area contributed by atoms with Gasteiger partial charge in [0, 0.05) is 23.2 Å². The van der Waals surface area contributed by atoms with Gasteiger partial charge in [-0.25, -0.2) is 9.78 Å². The summed E-state index contributed by atoms with van der Waals surface area (Å²) in [5.41, 5.74) is 1.21. The minimum absolute atomic E-state index is 0.0272. The van der Waals surface area contributed by atoms with Crippen molar-refractivity contribution in [3.63, 3.8) is 0 Å². The molecule has 0 spiro atoms. The largest absolute Gasteiger partial charge is 0.476 e. The molecule has 1 atom stereocenters. The quantitative estimate of drug-likeness (QED) is 0.863. The van der Waals surface area contributed by atoms with Crippen LogP contribution in [0.3, 0.4) is 0 Å². The molecule has 0 aromatic carbocycles. The standard InChI is InChI=1S/C14H14N2O3S3/c17-13(12-8-2-5-20-10(8)3-6-21-12)15-4-1-11-16-9(7-22-11)14(18)19/h2,5,7,12H,1,3-4,6H2,(H,15,17)(H,18,19). The molecule has 0 fully saturated rings. The van der Waals surface area contributed by atoms with Crippen LogP contribution in [0.1, 0.15) is 31.2 Å². The number of hydrogen-bond donors (Lipinski definition) is 2.